The molecule has 8 heteroatoms. The number of aromatic nitrogens is 2. The Morgan fingerprint density at radius 3 is 2.45 bits per heavy atom. The molecule has 0 unspecified atom stereocenters. The minimum atomic E-state index is -1.21. The molecule has 1 fully saturated rings. The highest BCUT2D eigenvalue weighted by molar-refractivity contribution is 6.04. The summed E-state index contributed by atoms with van der Waals surface area (Å²) >= 11 is 0. The topological polar surface area (TPSA) is 113 Å². The summed E-state index contributed by atoms with van der Waals surface area (Å²) in [4.78, 5) is 35.8. The van der Waals surface area contributed by atoms with Gasteiger partial charge in [0.25, 0.3) is 5.91 Å². The third-order valence-electron chi connectivity index (χ3n) is 5.35. The number of hydrogen-bond acceptors (Lipinski definition) is 4. The van der Waals surface area contributed by atoms with Crippen molar-refractivity contribution in [1.29, 1.82) is 0 Å². The predicted molar refractivity (Wildman–Crippen MR) is 107 cm³/mol. The van der Waals surface area contributed by atoms with Crippen LogP contribution < -0.4 is 10.6 Å². The lowest BCUT2D eigenvalue weighted by molar-refractivity contribution is -0.146. The van der Waals surface area contributed by atoms with Crippen molar-refractivity contribution in [2.24, 2.45) is 5.92 Å². The average Bonchev–Trinajstić information content (AvgIpc) is 3.38. The SMILES string of the molecule is CC(C)(C(=O)O)n1cc(NC(=O)c2ccc(CNC(=O)C3CCCC3)cc2)cn1. The molecule has 29 heavy (non-hydrogen) atoms. The molecule has 2 amide bonds. The molecule has 154 valence electrons. The molecule has 0 radical (unpaired) electrons. The number of nitrogens with one attached hydrogen (secondary N) is 2. The van der Waals surface area contributed by atoms with Crippen molar-refractivity contribution in [3.05, 3.63) is 47.8 Å². The van der Waals surface area contributed by atoms with Gasteiger partial charge in [-0.3, -0.25) is 14.3 Å². The number of anilines is 1. The van der Waals surface area contributed by atoms with E-state index in [1.54, 1.807) is 24.3 Å². The molecule has 2 aromatic rings. The Morgan fingerprint density at radius 1 is 1.17 bits per heavy atom. The minimum Gasteiger partial charge on any atom is -0.479 e. The molecule has 3 rings (SSSR count). The van der Waals surface area contributed by atoms with Gasteiger partial charge in [0.1, 0.15) is 0 Å². The summed E-state index contributed by atoms with van der Waals surface area (Å²) in [5, 5.41) is 18.9. The highest BCUT2D eigenvalue weighted by atomic mass is 16.4. The summed E-state index contributed by atoms with van der Waals surface area (Å²) in [5.74, 6) is -1.11. The maximum atomic E-state index is 12.4. The molecule has 0 aliphatic heterocycles. The van der Waals surface area contributed by atoms with Crippen LogP contribution in [0.4, 0.5) is 5.69 Å². The maximum Gasteiger partial charge on any atom is 0.331 e. The van der Waals surface area contributed by atoms with Crippen molar-refractivity contribution in [2.45, 2.75) is 51.6 Å². The number of hydrogen-bond donors (Lipinski definition) is 3. The number of benzene rings is 1. The van der Waals surface area contributed by atoms with Gasteiger partial charge in [0.05, 0.1) is 11.9 Å². The third kappa shape index (κ3) is 4.82. The lowest BCUT2D eigenvalue weighted by atomic mass is 10.1. The number of nitrogens with zero attached hydrogens (tertiary/aromatic N) is 2. The van der Waals surface area contributed by atoms with E-state index < -0.39 is 11.5 Å². The van der Waals surface area contributed by atoms with E-state index >= 15 is 0 Å². The molecular formula is C21H26N4O4. The molecule has 1 aromatic heterocycles. The maximum absolute atomic E-state index is 12.4. The van der Waals surface area contributed by atoms with Crippen LogP contribution in [0, 0.1) is 5.92 Å². The van der Waals surface area contributed by atoms with E-state index in [2.05, 4.69) is 15.7 Å². The number of carboxylic acid groups (broad SMARTS) is 1. The van der Waals surface area contributed by atoms with E-state index in [-0.39, 0.29) is 17.7 Å². The van der Waals surface area contributed by atoms with Gasteiger partial charge >= 0.3 is 5.97 Å². The average molecular weight is 398 g/mol. The largest absolute Gasteiger partial charge is 0.479 e. The molecule has 1 heterocycles. The Bertz CT molecular complexity index is 896. The summed E-state index contributed by atoms with van der Waals surface area (Å²) in [7, 11) is 0. The van der Waals surface area contributed by atoms with Crippen LogP contribution in [0.25, 0.3) is 0 Å². The molecule has 1 aliphatic carbocycles. The van der Waals surface area contributed by atoms with Crippen molar-refractivity contribution >= 4 is 23.5 Å². The summed E-state index contributed by atoms with van der Waals surface area (Å²) in [6.45, 7) is 3.49. The van der Waals surface area contributed by atoms with Gasteiger partial charge in [-0.2, -0.15) is 5.10 Å². The molecule has 0 spiro atoms. The molecule has 8 nitrogen and oxygen atoms in total. The van der Waals surface area contributed by atoms with Crippen molar-refractivity contribution in [3.8, 4) is 0 Å². The fourth-order valence-electron chi connectivity index (χ4n) is 3.29. The van der Waals surface area contributed by atoms with Gasteiger partial charge in [-0.25, -0.2) is 4.79 Å². The Kier molecular flexibility index (Phi) is 6.00. The zero-order valence-corrected chi connectivity index (χ0v) is 16.6. The van der Waals surface area contributed by atoms with E-state index in [1.807, 2.05) is 0 Å². The Balaban J connectivity index is 1.56. The molecule has 3 N–H and O–H groups in total. The zero-order valence-electron chi connectivity index (χ0n) is 16.6. The van der Waals surface area contributed by atoms with Crippen molar-refractivity contribution in [3.63, 3.8) is 0 Å². The van der Waals surface area contributed by atoms with E-state index in [1.165, 1.54) is 30.9 Å². The molecule has 0 atom stereocenters. The first kappa shape index (κ1) is 20.6. The lowest BCUT2D eigenvalue weighted by Gasteiger charge is -2.19. The van der Waals surface area contributed by atoms with Gasteiger partial charge < -0.3 is 15.7 Å². The van der Waals surface area contributed by atoms with Crippen molar-refractivity contribution < 1.29 is 19.5 Å². The van der Waals surface area contributed by atoms with Crippen LogP contribution in [0.2, 0.25) is 0 Å². The Hall–Kier alpha value is -3.16. The molecule has 0 saturated heterocycles. The van der Waals surface area contributed by atoms with E-state index in [0.717, 1.165) is 31.2 Å². The summed E-state index contributed by atoms with van der Waals surface area (Å²) < 4.78 is 1.29. The second-order valence-corrected chi connectivity index (χ2v) is 7.89. The van der Waals surface area contributed by atoms with Crippen molar-refractivity contribution in [1.82, 2.24) is 15.1 Å². The van der Waals surface area contributed by atoms with Crippen LogP contribution >= 0.6 is 0 Å². The molecule has 1 saturated carbocycles. The van der Waals surface area contributed by atoms with Gasteiger partial charge in [-0.05, 0) is 44.4 Å². The van der Waals surface area contributed by atoms with Crippen LogP contribution in [-0.4, -0.2) is 32.7 Å². The highest BCUT2D eigenvalue weighted by Crippen LogP contribution is 2.24. The third-order valence-corrected chi connectivity index (χ3v) is 5.35. The lowest BCUT2D eigenvalue weighted by Crippen LogP contribution is -2.35. The standard InChI is InChI=1S/C21H26N4O4/c1-21(2,20(28)29)25-13-17(12-23-25)24-19(27)16-9-7-14(8-10-16)11-22-18(26)15-5-3-4-6-15/h7-10,12-13,15H,3-6,11H2,1-2H3,(H,22,26)(H,24,27)(H,28,29). The predicted octanol–water partition coefficient (Wildman–Crippen LogP) is 2.76. The first-order valence-corrected chi connectivity index (χ1v) is 9.74. The molecule has 1 aliphatic rings. The first-order valence-electron chi connectivity index (χ1n) is 9.74. The summed E-state index contributed by atoms with van der Waals surface area (Å²) in [6, 6.07) is 7.00. The van der Waals surface area contributed by atoms with Gasteiger partial charge in [-0.1, -0.05) is 25.0 Å². The number of carbonyl (C=O) groups is 3. The number of carbonyl (C=O) groups excluding carboxylic acids is 2. The van der Waals surface area contributed by atoms with Crippen LogP contribution in [0.1, 0.15) is 55.5 Å². The first-order chi connectivity index (χ1) is 13.8. The normalized spacial score (nSPS) is 14.6. The zero-order chi connectivity index (χ0) is 21.0. The minimum absolute atomic E-state index is 0.102. The number of aliphatic carboxylic acids is 1. The van der Waals surface area contributed by atoms with E-state index in [0.29, 0.717) is 17.8 Å². The second kappa shape index (κ2) is 8.46. The van der Waals surface area contributed by atoms with Gasteiger partial charge in [-0.15, -0.1) is 0 Å². The molecular weight excluding hydrogens is 372 g/mol. The quantitative estimate of drug-likeness (QED) is 0.664. The highest BCUT2D eigenvalue weighted by Gasteiger charge is 2.30. The number of amides is 2. The van der Waals surface area contributed by atoms with Gasteiger partial charge in [0, 0.05) is 24.2 Å². The number of rotatable bonds is 7. The summed E-state index contributed by atoms with van der Waals surface area (Å²) in [6.07, 6.45) is 7.06. The molecule has 1 aromatic carbocycles. The summed E-state index contributed by atoms with van der Waals surface area (Å²) in [5.41, 5.74) is 0.579. The Morgan fingerprint density at radius 2 is 1.83 bits per heavy atom. The fourth-order valence-corrected chi connectivity index (χ4v) is 3.29. The van der Waals surface area contributed by atoms with Crippen molar-refractivity contribution in [2.75, 3.05) is 5.32 Å². The van der Waals surface area contributed by atoms with Gasteiger partial charge in [0.2, 0.25) is 5.91 Å². The van der Waals surface area contributed by atoms with Crippen LogP contribution in [0.3, 0.4) is 0 Å². The van der Waals surface area contributed by atoms with Crippen LogP contribution in [-0.2, 0) is 21.7 Å². The second-order valence-electron chi connectivity index (χ2n) is 7.89. The molecule has 0 bridgehead atoms. The van der Waals surface area contributed by atoms with Gasteiger partial charge in [0.15, 0.2) is 5.54 Å². The van der Waals surface area contributed by atoms with Crippen LogP contribution in [0.5, 0.6) is 0 Å². The smallest absolute Gasteiger partial charge is 0.331 e. The fraction of sp³-hybridized carbons (Fsp3) is 0.429. The number of carboxylic acids is 1. The Labute approximate surface area is 169 Å². The van der Waals surface area contributed by atoms with E-state index in [4.69, 9.17) is 0 Å². The monoisotopic (exact) mass is 398 g/mol. The van der Waals surface area contributed by atoms with E-state index in [9.17, 15) is 19.5 Å². The van der Waals surface area contributed by atoms with Crippen LogP contribution in [0.15, 0.2) is 36.7 Å².